The van der Waals surface area contributed by atoms with E-state index in [1.807, 2.05) is 0 Å². The van der Waals surface area contributed by atoms with Gasteiger partial charge in [-0.25, -0.2) is 13.8 Å². The highest BCUT2D eigenvalue weighted by atomic mass is 127. The molecule has 0 N–H and O–H groups in total. The Labute approximate surface area is 111 Å². The number of hydrogen-bond donors (Lipinski definition) is 0. The van der Waals surface area contributed by atoms with Gasteiger partial charge < -0.3 is 4.74 Å². The molecule has 0 amide bonds. The standard InChI is InChI=1S/C8H4ClF5INO/c9-2-3-1-4(6(10)11)16-7(15)5(3)17-8(12,13)14/h1,6H,2H2. The van der Waals surface area contributed by atoms with Crippen LogP contribution in [0.15, 0.2) is 6.07 Å². The lowest BCUT2D eigenvalue weighted by molar-refractivity contribution is -0.275. The first kappa shape index (κ1) is 14.7. The van der Waals surface area contributed by atoms with Crippen molar-refractivity contribution in [1.29, 1.82) is 0 Å². The van der Waals surface area contributed by atoms with Crippen LogP contribution in [0.5, 0.6) is 5.75 Å². The minimum absolute atomic E-state index is 0.182. The Bertz CT molecular complexity index is 412. The van der Waals surface area contributed by atoms with E-state index >= 15 is 0 Å². The van der Waals surface area contributed by atoms with Crippen molar-refractivity contribution in [3.8, 4) is 5.75 Å². The smallest absolute Gasteiger partial charge is 0.403 e. The molecule has 0 bridgehead atoms. The van der Waals surface area contributed by atoms with Gasteiger partial charge in [0.05, 0.1) is 5.88 Å². The lowest BCUT2D eigenvalue weighted by Gasteiger charge is -2.14. The Hall–Kier alpha value is -0.380. The number of alkyl halides is 6. The van der Waals surface area contributed by atoms with Crippen LogP contribution < -0.4 is 4.74 Å². The minimum atomic E-state index is -4.92. The molecule has 0 radical (unpaired) electrons. The average molecular weight is 387 g/mol. The number of rotatable bonds is 3. The van der Waals surface area contributed by atoms with Gasteiger partial charge in [-0.1, -0.05) is 0 Å². The van der Waals surface area contributed by atoms with Crippen LogP contribution in [-0.4, -0.2) is 11.3 Å². The first-order valence-corrected chi connectivity index (χ1v) is 5.65. The second-order valence-electron chi connectivity index (χ2n) is 2.81. The van der Waals surface area contributed by atoms with Gasteiger partial charge in [0.25, 0.3) is 6.43 Å². The zero-order valence-corrected chi connectivity index (χ0v) is 10.8. The number of pyridine rings is 1. The molecule has 0 saturated carbocycles. The highest BCUT2D eigenvalue weighted by Crippen LogP contribution is 2.33. The van der Waals surface area contributed by atoms with Gasteiger partial charge in [0.1, 0.15) is 9.39 Å². The molecule has 1 rings (SSSR count). The molecule has 0 unspecified atom stereocenters. The van der Waals surface area contributed by atoms with E-state index in [0.29, 0.717) is 0 Å². The van der Waals surface area contributed by atoms with E-state index in [1.54, 1.807) is 0 Å². The Balaban J connectivity index is 3.21. The van der Waals surface area contributed by atoms with Crippen molar-refractivity contribution in [3.05, 3.63) is 21.0 Å². The molecule has 0 spiro atoms. The predicted octanol–water partition coefficient (Wildman–Crippen LogP) is 4.26. The minimum Gasteiger partial charge on any atom is -0.403 e. The molecule has 0 aromatic carbocycles. The van der Waals surface area contributed by atoms with Crippen LogP contribution in [-0.2, 0) is 5.88 Å². The fourth-order valence-corrected chi connectivity index (χ4v) is 1.94. The van der Waals surface area contributed by atoms with Crippen LogP contribution in [0.3, 0.4) is 0 Å². The average Bonchev–Trinajstić information content (AvgIpc) is 2.18. The second kappa shape index (κ2) is 5.51. The molecule has 9 heteroatoms. The van der Waals surface area contributed by atoms with E-state index in [9.17, 15) is 22.0 Å². The van der Waals surface area contributed by atoms with Gasteiger partial charge in [-0.15, -0.1) is 24.8 Å². The van der Waals surface area contributed by atoms with Crippen LogP contribution >= 0.6 is 34.2 Å². The molecule has 96 valence electrons. The quantitative estimate of drug-likeness (QED) is 0.335. The van der Waals surface area contributed by atoms with Gasteiger partial charge in [-0.05, 0) is 28.7 Å². The zero-order chi connectivity index (χ0) is 13.2. The Morgan fingerprint density at radius 3 is 2.41 bits per heavy atom. The third kappa shape index (κ3) is 4.09. The lowest BCUT2D eigenvalue weighted by atomic mass is 10.2. The van der Waals surface area contributed by atoms with Crippen LogP contribution in [0.2, 0.25) is 0 Å². The van der Waals surface area contributed by atoms with E-state index in [-0.39, 0.29) is 15.1 Å². The van der Waals surface area contributed by atoms with Crippen molar-refractivity contribution < 1.29 is 26.7 Å². The molecular weight excluding hydrogens is 383 g/mol. The van der Waals surface area contributed by atoms with Gasteiger partial charge in [-0.3, -0.25) is 0 Å². The molecule has 1 aromatic rings. The summed E-state index contributed by atoms with van der Waals surface area (Å²) in [5.41, 5.74) is -0.821. The van der Waals surface area contributed by atoms with Crippen molar-refractivity contribution in [3.63, 3.8) is 0 Å². The van der Waals surface area contributed by atoms with E-state index in [2.05, 4.69) is 9.72 Å². The molecule has 0 saturated heterocycles. The monoisotopic (exact) mass is 387 g/mol. The summed E-state index contributed by atoms with van der Waals surface area (Å²) in [7, 11) is 0. The van der Waals surface area contributed by atoms with Crippen LogP contribution in [0.1, 0.15) is 17.7 Å². The molecule has 0 fully saturated rings. The van der Waals surface area contributed by atoms with E-state index < -0.39 is 24.2 Å². The first-order valence-electron chi connectivity index (χ1n) is 4.03. The molecule has 0 atom stereocenters. The Morgan fingerprint density at radius 1 is 1.41 bits per heavy atom. The summed E-state index contributed by atoms with van der Waals surface area (Å²) < 4.78 is 64.3. The summed E-state index contributed by atoms with van der Waals surface area (Å²) in [4.78, 5) is 3.32. The third-order valence-electron chi connectivity index (χ3n) is 1.61. The highest BCUT2D eigenvalue weighted by molar-refractivity contribution is 14.1. The topological polar surface area (TPSA) is 22.1 Å². The summed E-state index contributed by atoms with van der Waals surface area (Å²) >= 11 is 6.77. The molecule has 17 heavy (non-hydrogen) atoms. The Morgan fingerprint density at radius 2 is 2.00 bits per heavy atom. The zero-order valence-electron chi connectivity index (χ0n) is 7.86. The largest absolute Gasteiger partial charge is 0.573 e. The van der Waals surface area contributed by atoms with Crippen LogP contribution in [0.25, 0.3) is 0 Å². The van der Waals surface area contributed by atoms with Crippen molar-refractivity contribution in [1.82, 2.24) is 4.98 Å². The van der Waals surface area contributed by atoms with Crippen molar-refractivity contribution >= 4 is 34.2 Å². The summed E-state index contributed by atoms with van der Waals surface area (Å²) in [5.74, 6) is -1.03. The van der Waals surface area contributed by atoms with Gasteiger partial charge in [0, 0.05) is 5.56 Å². The molecule has 1 aromatic heterocycles. The van der Waals surface area contributed by atoms with Crippen LogP contribution in [0.4, 0.5) is 22.0 Å². The van der Waals surface area contributed by atoms with Crippen molar-refractivity contribution in [2.45, 2.75) is 18.7 Å². The van der Waals surface area contributed by atoms with Crippen LogP contribution in [0, 0.1) is 3.70 Å². The van der Waals surface area contributed by atoms with Gasteiger partial charge in [-0.2, -0.15) is 0 Å². The van der Waals surface area contributed by atoms with Crippen molar-refractivity contribution in [2.24, 2.45) is 0 Å². The number of ether oxygens (including phenoxy) is 1. The molecule has 2 nitrogen and oxygen atoms in total. The third-order valence-corrected chi connectivity index (χ3v) is 2.63. The molecular formula is C8H4ClF5INO. The fourth-order valence-electron chi connectivity index (χ4n) is 1.01. The SMILES string of the molecule is FC(F)c1cc(CCl)c(OC(F)(F)F)c(I)n1. The number of aromatic nitrogens is 1. The maximum Gasteiger partial charge on any atom is 0.573 e. The van der Waals surface area contributed by atoms with E-state index in [4.69, 9.17) is 11.6 Å². The van der Waals surface area contributed by atoms with Gasteiger partial charge in [0.2, 0.25) is 0 Å². The predicted molar refractivity (Wildman–Crippen MR) is 58.2 cm³/mol. The fraction of sp³-hybridized carbons (Fsp3) is 0.375. The maximum absolute atomic E-state index is 12.4. The van der Waals surface area contributed by atoms with Gasteiger partial charge >= 0.3 is 6.36 Å². The molecule has 0 aliphatic rings. The number of nitrogens with zero attached hydrogens (tertiary/aromatic N) is 1. The molecule has 0 aliphatic heterocycles. The van der Waals surface area contributed by atoms with E-state index in [0.717, 1.165) is 6.07 Å². The second-order valence-corrected chi connectivity index (χ2v) is 4.10. The summed E-state index contributed by atoms with van der Waals surface area (Å²) in [6.07, 6.45) is -7.81. The van der Waals surface area contributed by atoms with Crippen molar-refractivity contribution in [2.75, 3.05) is 0 Å². The highest BCUT2D eigenvalue weighted by Gasteiger charge is 2.33. The Kier molecular flexibility index (Phi) is 4.76. The summed E-state index contributed by atoms with van der Waals surface area (Å²) in [5, 5.41) is 0. The normalized spacial score (nSPS) is 12.0. The number of halogens is 7. The summed E-state index contributed by atoms with van der Waals surface area (Å²) in [6, 6.07) is 0.793. The van der Waals surface area contributed by atoms with E-state index in [1.165, 1.54) is 22.6 Å². The number of hydrogen-bond acceptors (Lipinski definition) is 2. The lowest BCUT2D eigenvalue weighted by Crippen LogP contribution is -2.19. The van der Waals surface area contributed by atoms with Gasteiger partial charge in [0.15, 0.2) is 5.75 Å². The summed E-state index contributed by atoms with van der Waals surface area (Å²) in [6.45, 7) is 0. The maximum atomic E-state index is 12.4. The molecule has 0 aliphatic carbocycles. The molecule has 1 heterocycles. The first-order chi connectivity index (χ1) is 7.74.